The van der Waals surface area contributed by atoms with Crippen molar-refractivity contribution >= 4 is 40.7 Å². The molecule has 0 saturated carbocycles. The first-order chi connectivity index (χ1) is 11.0. The van der Waals surface area contributed by atoms with E-state index in [4.69, 9.17) is 0 Å². The molecule has 10 heteroatoms. The van der Waals surface area contributed by atoms with Crippen molar-refractivity contribution in [2.45, 2.75) is 24.2 Å². The van der Waals surface area contributed by atoms with Gasteiger partial charge in [0.25, 0.3) is 0 Å². The number of likely N-dealkylation sites (tertiary alicyclic amines) is 1. The molecule has 1 aliphatic rings. The minimum absolute atomic E-state index is 0. The van der Waals surface area contributed by atoms with Gasteiger partial charge in [-0.2, -0.15) is 0 Å². The molecule has 1 amide bonds. The normalized spacial score (nSPS) is 15.2. The standard InChI is InChI=1S/C15H24N4O3S.2ClH/c1-16-11-13-5-9-19(10-6-13)15(20)4-8-18-23(21,22)14-3-2-7-17-12-14;;/h2-3,7,12-13,16,18H,4-6,8-11H2,1H3;2*1H. The summed E-state index contributed by atoms with van der Waals surface area (Å²) in [5.74, 6) is 0.620. The Labute approximate surface area is 161 Å². The minimum Gasteiger partial charge on any atom is -0.343 e. The summed E-state index contributed by atoms with van der Waals surface area (Å²) in [4.78, 5) is 17.9. The third-order valence-electron chi connectivity index (χ3n) is 4.04. The molecular formula is C15H26Cl2N4O3S. The lowest BCUT2D eigenvalue weighted by atomic mass is 9.96. The fourth-order valence-electron chi connectivity index (χ4n) is 2.71. The SMILES string of the molecule is CNCC1CCN(C(=O)CCNS(=O)(=O)c2cccnc2)CC1.Cl.Cl. The number of amides is 1. The van der Waals surface area contributed by atoms with E-state index in [1.165, 1.54) is 18.5 Å². The van der Waals surface area contributed by atoms with Crippen molar-refractivity contribution in [2.75, 3.05) is 33.2 Å². The van der Waals surface area contributed by atoms with Crippen LogP contribution in [0.3, 0.4) is 0 Å². The number of carbonyl (C=O) groups excluding carboxylic acids is 1. The molecule has 0 aromatic carbocycles. The highest BCUT2D eigenvalue weighted by atomic mass is 35.5. The number of carbonyl (C=O) groups is 1. The van der Waals surface area contributed by atoms with Crippen LogP contribution in [0.1, 0.15) is 19.3 Å². The van der Waals surface area contributed by atoms with E-state index in [9.17, 15) is 13.2 Å². The Morgan fingerprint density at radius 1 is 1.32 bits per heavy atom. The number of halogens is 2. The second kappa shape index (κ2) is 11.6. The van der Waals surface area contributed by atoms with Gasteiger partial charge in [-0.1, -0.05) is 0 Å². The topological polar surface area (TPSA) is 91.4 Å². The molecule has 25 heavy (non-hydrogen) atoms. The third-order valence-corrected chi connectivity index (χ3v) is 5.48. The van der Waals surface area contributed by atoms with E-state index in [1.54, 1.807) is 6.07 Å². The first-order valence-corrected chi connectivity index (χ1v) is 9.33. The van der Waals surface area contributed by atoms with Crippen LogP contribution in [-0.4, -0.2) is 57.4 Å². The molecule has 1 aromatic heterocycles. The van der Waals surface area contributed by atoms with Crippen molar-refractivity contribution in [1.82, 2.24) is 19.9 Å². The third kappa shape index (κ3) is 7.45. The second-order valence-corrected chi connectivity index (χ2v) is 7.49. The molecule has 1 saturated heterocycles. The first-order valence-electron chi connectivity index (χ1n) is 7.85. The zero-order valence-corrected chi connectivity index (χ0v) is 16.6. The van der Waals surface area contributed by atoms with E-state index in [0.29, 0.717) is 5.92 Å². The van der Waals surface area contributed by atoms with Gasteiger partial charge in [-0.3, -0.25) is 9.78 Å². The molecule has 0 unspecified atom stereocenters. The molecule has 1 aromatic rings. The quantitative estimate of drug-likeness (QED) is 0.698. The Morgan fingerprint density at radius 2 is 2.00 bits per heavy atom. The number of sulfonamides is 1. The first kappa shape index (κ1) is 24.1. The highest BCUT2D eigenvalue weighted by molar-refractivity contribution is 7.89. The van der Waals surface area contributed by atoms with Gasteiger partial charge in [0.15, 0.2) is 0 Å². The molecule has 1 fully saturated rings. The predicted molar refractivity (Wildman–Crippen MR) is 102 cm³/mol. The maximum Gasteiger partial charge on any atom is 0.242 e. The maximum absolute atomic E-state index is 12.1. The summed E-state index contributed by atoms with van der Waals surface area (Å²) in [6.45, 7) is 2.58. The van der Waals surface area contributed by atoms with Crippen LogP contribution >= 0.6 is 24.8 Å². The summed E-state index contributed by atoms with van der Waals surface area (Å²) in [6.07, 6.45) is 4.97. The van der Waals surface area contributed by atoms with Crippen molar-refractivity contribution < 1.29 is 13.2 Å². The summed E-state index contributed by atoms with van der Waals surface area (Å²) < 4.78 is 26.5. The zero-order chi connectivity index (χ0) is 16.7. The molecule has 2 rings (SSSR count). The number of nitrogens with one attached hydrogen (secondary N) is 2. The molecule has 0 radical (unpaired) electrons. The second-order valence-electron chi connectivity index (χ2n) is 5.72. The lowest BCUT2D eigenvalue weighted by Crippen LogP contribution is -2.41. The van der Waals surface area contributed by atoms with E-state index in [1.807, 2.05) is 11.9 Å². The van der Waals surface area contributed by atoms with Crippen LogP contribution in [0.4, 0.5) is 0 Å². The number of nitrogens with zero attached hydrogens (tertiary/aromatic N) is 2. The number of pyridine rings is 1. The van der Waals surface area contributed by atoms with Gasteiger partial charge in [-0.15, -0.1) is 24.8 Å². The van der Waals surface area contributed by atoms with Gasteiger partial charge in [0.05, 0.1) is 0 Å². The number of hydrogen-bond acceptors (Lipinski definition) is 5. The minimum atomic E-state index is -3.59. The fourth-order valence-corrected chi connectivity index (χ4v) is 3.71. The predicted octanol–water partition coefficient (Wildman–Crippen LogP) is 1.05. The molecule has 0 spiro atoms. The summed E-state index contributed by atoms with van der Waals surface area (Å²) >= 11 is 0. The fraction of sp³-hybridized carbons (Fsp3) is 0.600. The smallest absolute Gasteiger partial charge is 0.242 e. The highest BCUT2D eigenvalue weighted by Gasteiger charge is 2.22. The largest absolute Gasteiger partial charge is 0.343 e. The Morgan fingerprint density at radius 3 is 2.56 bits per heavy atom. The summed E-state index contributed by atoms with van der Waals surface area (Å²) in [6, 6.07) is 3.04. The van der Waals surface area contributed by atoms with Gasteiger partial charge in [-0.05, 0) is 44.5 Å². The van der Waals surface area contributed by atoms with Gasteiger partial charge < -0.3 is 10.2 Å². The van der Waals surface area contributed by atoms with Crippen molar-refractivity contribution in [3.63, 3.8) is 0 Å². The lowest BCUT2D eigenvalue weighted by Gasteiger charge is -2.32. The molecule has 2 N–H and O–H groups in total. The molecular weight excluding hydrogens is 387 g/mol. The van der Waals surface area contributed by atoms with Crippen LogP contribution in [-0.2, 0) is 14.8 Å². The Hall–Kier alpha value is -0.930. The van der Waals surface area contributed by atoms with Crippen molar-refractivity contribution in [1.29, 1.82) is 0 Å². The Balaban J connectivity index is 0.00000288. The Kier molecular flexibility index (Phi) is 11.2. The number of rotatable bonds is 7. The lowest BCUT2D eigenvalue weighted by molar-refractivity contribution is -0.132. The Bertz CT molecular complexity index is 608. The van der Waals surface area contributed by atoms with Gasteiger partial charge >= 0.3 is 0 Å². The van der Waals surface area contributed by atoms with Crippen LogP contribution in [0, 0.1) is 5.92 Å². The van der Waals surface area contributed by atoms with E-state index in [2.05, 4.69) is 15.0 Å². The maximum atomic E-state index is 12.1. The molecule has 2 heterocycles. The van der Waals surface area contributed by atoms with Gasteiger partial charge in [0, 0.05) is 38.4 Å². The van der Waals surface area contributed by atoms with Crippen LogP contribution in [0.15, 0.2) is 29.4 Å². The molecule has 1 aliphatic heterocycles. The average molecular weight is 413 g/mol. The van der Waals surface area contributed by atoms with Crippen LogP contribution < -0.4 is 10.0 Å². The van der Waals surface area contributed by atoms with Gasteiger partial charge in [-0.25, -0.2) is 13.1 Å². The molecule has 0 aliphatic carbocycles. The molecule has 0 atom stereocenters. The van der Waals surface area contributed by atoms with E-state index in [-0.39, 0.29) is 48.6 Å². The number of hydrogen-bond donors (Lipinski definition) is 2. The van der Waals surface area contributed by atoms with Crippen molar-refractivity contribution in [3.8, 4) is 0 Å². The average Bonchev–Trinajstić information content (AvgIpc) is 2.56. The number of piperidine rings is 1. The van der Waals surface area contributed by atoms with E-state index < -0.39 is 10.0 Å². The molecule has 0 bridgehead atoms. The summed E-state index contributed by atoms with van der Waals surface area (Å²) in [5, 5.41) is 3.16. The monoisotopic (exact) mass is 412 g/mol. The highest BCUT2D eigenvalue weighted by Crippen LogP contribution is 2.16. The number of aromatic nitrogens is 1. The van der Waals surface area contributed by atoms with Crippen LogP contribution in [0.25, 0.3) is 0 Å². The van der Waals surface area contributed by atoms with Crippen LogP contribution in [0.5, 0.6) is 0 Å². The van der Waals surface area contributed by atoms with Crippen molar-refractivity contribution in [2.24, 2.45) is 5.92 Å². The zero-order valence-electron chi connectivity index (χ0n) is 14.2. The van der Waals surface area contributed by atoms with Crippen molar-refractivity contribution in [3.05, 3.63) is 24.5 Å². The summed E-state index contributed by atoms with van der Waals surface area (Å²) in [5.41, 5.74) is 0. The van der Waals surface area contributed by atoms with E-state index >= 15 is 0 Å². The van der Waals surface area contributed by atoms with Crippen LogP contribution in [0.2, 0.25) is 0 Å². The van der Waals surface area contributed by atoms with Gasteiger partial charge in [0.2, 0.25) is 15.9 Å². The van der Waals surface area contributed by atoms with Gasteiger partial charge in [0.1, 0.15) is 4.90 Å². The van der Waals surface area contributed by atoms with E-state index in [0.717, 1.165) is 32.5 Å². The summed E-state index contributed by atoms with van der Waals surface area (Å²) in [7, 11) is -1.66. The molecule has 7 nitrogen and oxygen atoms in total. The molecule has 144 valence electrons.